The number of hydrogen-bond acceptors (Lipinski definition) is 0. The van der Waals surface area contributed by atoms with Gasteiger partial charge in [-0.1, -0.05) is 72.1 Å². The van der Waals surface area contributed by atoms with Gasteiger partial charge in [-0.2, -0.15) is 0 Å². The molecular weight excluding hydrogens is 216 g/mol. The predicted octanol–water partition coefficient (Wildman–Crippen LogP) is 5.75. The number of hydrogen-bond donors (Lipinski definition) is 0. The number of rotatable bonds is 1. The lowest BCUT2D eigenvalue weighted by Gasteiger charge is -2.36. The molecule has 2 aliphatic rings. The van der Waals surface area contributed by atoms with Crippen LogP contribution in [-0.2, 0) is 0 Å². The second-order valence-electron chi connectivity index (χ2n) is 8.30. The Morgan fingerprint density at radius 2 is 1.50 bits per heavy atom. The van der Waals surface area contributed by atoms with E-state index in [9.17, 15) is 0 Å². The average Bonchev–Trinajstić information content (AvgIpc) is 2.83. The summed E-state index contributed by atoms with van der Waals surface area (Å²) in [5, 5.41) is 0. The van der Waals surface area contributed by atoms with Gasteiger partial charge in [-0.3, -0.25) is 0 Å². The standard InChI is InChI=1S/C18H30/c1-17(2,3)15-12-11-14(13-9-7-8-10-13)16(15)18(4,5)6/h11-13,15H,7-10H2,1-6H3. The summed E-state index contributed by atoms with van der Waals surface area (Å²) >= 11 is 0. The highest BCUT2D eigenvalue weighted by atomic mass is 14.4. The molecule has 0 amide bonds. The molecule has 0 heteroatoms. The molecule has 2 rings (SSSR count). The molecule has 2 aliphatic carbocycles. The Balaban J connectivity index is 2.41. The van der Waals surface area contributed by atoms with Gasteiger partial charge >= 0.3 is 0 Å². The van der Waals surface area contributed by atoms with Crippen LogP contribution >= 0.6 is 0 Å². The van der Waals surface area contributed by atoms with Crippen LogP contribution in [0.5, 0.6) is 0 Å². The second kappa shape index (κ2) is 4.54. The van der Waals surface area contributed by atoms with E-state index in [1.807, 2.05) is 0 Å². The third-order valence-corrected chi connectivity index (χ3v) is 4.63. The summed E-state index contributed by atoms with van der Waals surface area (Å²) in [7, 11) is 0. The van der Waals surface area contributed by atoms with Gasteiger partial charge in [0.25, 0.3) is 0 Å². The Labute approximate surface area is 114 Å². The van der Waals surface area contributed by atoms with Crippen LogP contribution < -0.4 is 0 Å². The Kier molecular flexibility index (Phi) is 3.51. The summed E-state index contributed by atoms with van der Waals surface area (Å²) in [6.07, 6.45) is 10.6. The SMILES string of the molecule is CC(C)(C)C1=C(C2CCCC2)C=CC1C(C)(C)C. The van der Waals surface area contributed by atoms with Crippen LogP contribution in [-0.4, -0.2) is 0 Å². The molecule has 0 nitrogen and oxygen atoms in total. The van der Waals surface area contributed by atoms with Gasteiger partial charge in [0, 0.05) is 5.92 Å². The van der Waals surface area contributed by atoms with Crippen LogP contribution in [0.2, 0.25) is 0 Å². The molecule has 0 aliphatic heterocycles. The normalized spacial score (nSPS) is 26.4. The van der Waals surface area contributed by atoms with Gasteiger partial charge in [0.2, 0.25) is 0 Å². The Hall–Kier alpha value is -0.520. The van der Waals surface area contributed by atoms with Crippen molar-refractivity contribution in [1.82, 2.24) is 0 Å². The van der Waals surface area contributed by atoms with Crippen molar-refractivity contribution in [1.29, 1.82) is 0 Å². The van der Waals surface area contributed by atoms with Crippen molar-refractivity contribution in [2.75, 3.05) is 0 Å². The van der Waals surface area contributed by atoms with Gasteiger partial charge in [-0.25, -0.2) is 0 Å². The van der Waals surface area contributed by atoms with Crippen molar-refractivity contribution in [3.63, 3.8) is 0 Å². The fourth-order valence-electron chi connectivity index (χ4n) is 3.78. The highest BCUT2D eigenvalue weighted by Crippen LogP contribution is 2.50. The monoisotopic (exact) mass is 246 g/mol. The first-order valence-electron chi connectivity index (χ1n) is 7.64. The molecule has 0 bridgehead atoms. The molecule has 1 atom stereocenters. The largest absolute Gasteiger partial charge is 0.0765 e. The minimum absolute atomic E-state index is 0.305. The van der Waals surface area contributed by atoms with E-state index in [2.05, 4.69) is 53.7 Å². The third kappa shape index (κ3) is 2.58. The van der Waals surface area contributed by atoms with Crippen molar-refractivity contribution in [3.8, 4) is 0 Å². The Morgan fingerprint density at radius 1 is 0.944 bits per heavy atom. The van der Waals surface area contributed by atoms with Crippen molar-refractivity contribution in [2.45, 2.75) is 67.2 Å². The van der Waals surface area contributed by atoms with Gasteiger partial charge in [-0.15, -0.1) is 0 Å². The molecule has 0 aromatic carbocycles. The molecule has 0 heterocycles. The van der Waals surface area contributed by atoms with Gasteiger partial charge in [0.1, 0.15) is 0 Å². The van der Waals surface area contributed by atoms with Gasteiger partial charge in [-0.05, 0) is 35.2 Å². The minimum Gasteiger partial charge on any atom is -0.0765 e. The fourth-order valence-corrected chi connectivity index (χ4v) is 3.78. The maximum absolute atomic E-state index is 2.48. The molecule has 1 saturated carbocycles. The summed E-state index contributed by atoms with van der Waals surface area (Å²) in [5.41, 5.74) is 4.07. The van der Waals surface area contributed by atoms with E-state index in [0.717, 1.165) is 5.92 Å². The van der Waals surface area contributed by atoms with Crippen molar-refractivity contribution in [3.05, 3.63) is 23.3 Å². The van der Waals surface area contributed by atoms with Crippen molar-refractivity contribution in [2.24, 2.45) is 22.7 Å². The Bertz CT molecular complexity index is 362. The zero-order chi connectivity index (χ0) is 13.6. The maximum Gasteiger partial charge on any atom is 0.00397 e. The first-order chi connectivity index (χ1) is 8.21. The van der Waals surface area contributed by atoms with Crippen LogP contribution in [0.25, 0.3) is 0 Å². The van der Waals surface area contributed by atoms with Crippen LogP contribution in [0.1, 0.15) is 67.2 Å². The minimum atomic E-state index is 0.305. The molecule has 0 N–H and O–H groups in total. The molecule has 18 heavy (non-hydrogen) atoms. The van der Waals surface area contributed by atoms with Crippen molar-refractivity contribution < 1.29 is 0 Å². The van der Waals surface area contributed by atoms with E-state index < -0.39 is 0 Å². The van der Waals surface area contributed by atoms with E-state index in [-0.39, 0.29) is 0 Å². The summed E-state index contributed by atoms with van der Waals surface area (Å²) in [6.45, 7) is 14.3. The quantitative estimate of drug-likeness (QED) is 0.552. The lowest BCUT2D eigenvalue weighted by Crippen LogP contribution is -2.27. The van der Waals surface area contributed by atoms with Gasteiger partial charge in [0.05, 0.1) is 0 Å². The molecule has 1 unspecified atom stereocenters. The molecule has 0 aromatic heterocycles. The molecule has 0 saturated heterocycles. The fraction of sp³-hybridized carbons (Fsp3) is 0.778. The predicted molar refractivity (Wildman–Crippen MR) is 80.5 cm³/mol. The van der Waals surface area contributed by atoms with Crippen LogP contribution in [0.3, 0.4) is 0 Å². The zero-order valence-electron chi connectivity index (χ0n) is 13.1. The summed E-state index contributed by atoms with van der Waals surface area (Å²) in [5.74, 6) is 1.48. The lowest BCUT2D eigenvalue weighted by molar-refractivity contribution is 0.288. The maximum atomic E-state index is 2.48. The first-order valence-corrected chi connectivity index (χ1v) is 7.64. The second-order valence-corrected chi connectivity index (χ2v) is 8.30. The van der Waals surface area contributed by atoms with Crippen LogP contribution in [0.4, 0.5) is 0 Å². The third-order valence-electron chi connectivity index (χ3n) is 4.63. The highest BCUT2D eigenvalue weighted by molar-refractivity contribution is 5.42. The lowest BCUT2D eigenvalue weighted by atomic mass is 9.68. The molecule has 102 valence electrons. The van der Waals surface area contributed by atoms with E-state index >= 15 is 0 Å². The van der Waals surface area contributed by atoms with E-state index in [0.29, 0.717) is 16.7 Å². The number of allylic oxidation sites excluding steroid dienone is 4. The molecule has 0 spiro atoms. The zero-order valence-corrected chi connectivity index (χ0v) is 13.1. The summed E-state index contributed by atoms with van der Waals surface area (Å²) in [4.78, 5) is 0. The first kappa shape index (κ1) is 13.9. The highest BCUT2D eigenvalue weighted by Gasteiger charge is 2.38. The average molecular weight is 246 g/mol. The van der Waals surface area contributed by atoms with Gasteiger partial charge < -0.3 is 0 Å². The topological polar surface area (TPSA) is 0 Å². The van der Waals surface area contributed by atoms with E-state index in [1.165, 1.54) is 25.7 Å². The summed E-state index contributed by atoms with van der Waals surface area (Å²) in [6, 6.07) is 0. The van der Waals surface area contributed by atoms with Gasteiger partial charge in [0.15, 0.2) is 0 Å². The Morgan fingerprint density at radius 3 is 1.94 bits per heavy atom. The molecule has 0 radical (unpaired) electrons. The molecule has 1 fully saturated rings. The molecular formula is C18H30. The van der Waals surface area contributed by atoms with E-state index in [1.54, 1.807) is 11.1 Å². The summed E-state index contributed by atoms with van der Waals surface area (Å²) < 4.78 is 0. The van der Waals surface area contributed by atoms with Crippen LogP contribution in [0.15, 0.2) is 23.3 Å². The van der Waals surface area contributed by atoms with E-state index in [4.69, 9.17) is 0 Å². The van der Waals surface area contributed by atoms with Crippen LogP contribution in [0, 0.1) is 22.7 Å². The van der Waals surface area contributed by atoms with Crippen molar-refractivity contribution >= 4 is 0 Å². The smallest absolute Gasteiger partial charge is 0.00397 e. The molecule has 0 aromatic rings.